The summed E-state index contributed by atoms with van der Waals surface area (Å²) in [5.41, 5.74) is 2.91. The van der Waals surface area contributed by atoms with Crippen molar-refractivity contribution in [1.29, 1.82) is 0 Å². The van der Waals surface area contributed by atoms with Gasteiger partial charge in [-0.1, -0.05) is 56.7 Å². The van der Waals surface area contributed by atoms with Gasteiger partial charge in [-0.15, -0.1) is 0 Å². The van der Waals surface area contributed by atoms with E-state index in [4.69, 9.17) is 0 Å². The lowest BCUT2D eigenvalue weighted by Crippen LogP contribution is -2.50. The first kappa shape index (κ1) is 36.8. The van der Waals surface area contributed by atoms with Gasteiger partial charge in [-0.3, -0.25) is 9.59 Å². The second-order valence-electron chi connectivity index (χ2n) is 16.9. The maximum atomic E-state index is 14.0. The molecular weight excluding hydrogens is 680 g/mol. The molecule has 3 N–H and O–H groups in total. The number of carbonyl (C=O) groups excluding carboxylic acids is 1. The number of hydrogen-bond acceptors (Lipinski definition) is 5. The van der Waals surface area contributed by atoms with E-state index >= 15 is 0 Å². The van der Waals surface area contributed by atoms with Crippen molar-refractivity contribution < 1.29 is 32.6 Å². The van der Waals surface area contributed by atoms with Gasteiger partial charge in [0.1, 0.15) is 5.82 Å². The second kappa shape index (κ2) is 14.0. The zero-order valence-corrected chi connectivity index (χ0v) is 31.4. The minimum atomic E-state index is -4.15. The van der Waals surface area contributed by atoms with Crippen LogP contribution in [-0.2, 0) is 26.0 Å². The Hall–Kier alpha value is -3.50. The van der Waals surface area contributed by atoms with Crippen LogP contribution < -0.4 is 5.32 Å². The third-order valence-electron chi connectivity index (χ3n) is 14.0. The van der Waals surface area contributed by atoms with E-state index in [1.54, 1.807) is 24.3 Å². The summed E-state index contributed by atoms with van der Waals surface area (Å²) >= 11 is 0. The second-order valence-corrected chi connectivity index (χ2v) is 18.7. The highest BCUT2D eigenvalue weighted by Crippen LogP contribution is 2.67. The number of hydrogen-bond donors (Lipinski definition) is 3. The van der Waals surface area contributed by atoms with Crippen LogP contribution in [0.2, 0.25) is 0 Å². The number of carbonyl (C=O) groups is 2. The normalized spacial score (nSPS) is 31.2. The van der Waals surface area contributed by atoms with Gasteiger partial charge in [0.15, 0.2) is 0 Å². The van der Waals surface area contributed by atoms with E-state index in [2.05, 4.69) is 32.2 Å². The molecule has 7 rings (SSSR count). The van der Waals surface area contributed by atoms with Gasteiger partial charge >= 0.3 is 5.97 Å². The summed E-state index contributed by atoms with van der Waals surface area (Å²) in [5.74, 6) is 0.972. The van der Waals surface area contributed by atoms with Crippen molar-refractivity contribution in [2.75, 3.05) is 0 Å². The molecule has 280 valence electrons. The number of aliphatic hydroxyl groups excluding tert-OH is 1. The van der Waals surface area contributed by atoms with E-state index in [1.165, 1.54) is 55.7 Å². The molecule has 4 aliphatic rings. The monoisotopic (exact) mass is 732 g/mol. The standard InChI is InChI=1S/C42H53FN2O6S/c1-26(35-14-15-36-34-13-12-28-22-31(46)17-19-41(28,2)37(34)18-20-42(35,36)3)11-16-39(47)44-30(24-40(48)49)21-27-25-45(38-10-5-4-9-33(27)38)52(50,51)32-8-6-7-29(43)23-32/h4-10,12,23,25-26,30-31,34-37,46H,11,13-22,24H2,1-3H3,(H,44,47)(H,48,49)/t26-,30+,31+,34+,35-,36+,37+,41+,42-/m1/s1. The van der Waals surface area contributed by atoms with E-state index in [-0.39, 0.29) is 40.6 Å². The SMILES string of the molecule is C[C@H](CCC(=O)N[C@H](CC(=O)O)Cc1cn(S(=O)(=O)c2cccc(F)c2)c2ccccc12)[C@H]1CC[C@H]2[C@@H]3CC=C4C[C@@H](O)CC[C@]4(C)[C@H]3CC[C@]12C. The Morgan fingerprint density at radius 1 is 1.04 bits per heavy atom. The zero-order chi connectivity index (χ0) is 37.0. The van der Waals surface area contributed by atoms with Crippen molar-refractivity contribution in [3.05, 3.63) is 77.8 Å². The lowest BCUT2D eigenvalue weighted by molar-refractivity contribution is -0.137. The number of carboxylic acid groups (broad SMARTS) is 1. The lowest BCUT2D eigenvalue weighted by Gasteiger charge is -2.58. The molecule has 3 fully saturated rings. The first-order chi connectivity index (χ1) is 24.7. The van der Waals surface area contributed by atoms with Crippen LogP contribution in [0.3, 0.4) is 0 Å². The molecule has 0 aliphatic heterocycles. The molecule has 0 saturated heterocycles. The van der Waals surface area contributed by atoms with E-state index in [9.17, 15) is 32.6 Å². The fourth-order valence-electron chi connectivity index (χ4n) is 11.4. The van der Waals surface area contributed by atoms with Crippen molar-refractivity contribution in [2.45, 2.75) is 115 Å². The zero-order valence-electron chi connectivity index (χ0n) is 30.6. The lowest BCUT2D eigenvalue weighted by atomic mass is 9.47. The predicted molar refractivity (Wildman–Crippen MR) is 198 cm³/mol. The van der Waals surface area contributed by atoms with Crippen molar-refractivity contribution in [2.24, 2.45) is 40.4 Å². The van der Waals surface area contributed by atoms with Crippen LogP contribution in [0.4, 0.5) is 4.39 Å². The number of aliphatic hydroxyl groups is 1. The van der Waals surface area contributed by atoms with Crippen LogP contribution in [0, 0.1) is 46.2 Å². The van der Waals surface area contributed by atoms with Crippen molar-refractivity contribution >= 4 is 32.8 Å². The average molecular weight is 733 g/mol. The van der Waals surface area contributed by atoms with E-state index in [0.29, 0.717) is 52.5 Å². The molecule has 0 unspecified atom stereocenters. The number of benzene rings is 2. The maximum absolute atomic E-state index is 14.0. The molecule has 0 spiro atoms. The van der Waals surface area contributed by atoms with Gasteiger partial charge in [-0.25, -0.2) is 16.8 Å². The summed E-state index contributed by atoms with van der Waals surface area (Å²) in [6.45, 7) is 7.24. The maximum Gasteiger partial charge on any atom is 0.305 e. The van der Waals surface area contributed by atoms with Gasteiger partial charge in [0, 0.05) is 24.0 Å². The number of nitrogens with zero attached hydrogens (tertiary/aromatic N) is 1. The van der Waals surface area contributed by atoms with Gasteiger partial charge in [0.05, 0.1) is 22.9 Å². The fraction of sp³-hybridized carbons (Fsp3) is 0.571. The number of carboxylic acids is 1. The molecule has 10 heteroatoms. The molecule has 52 heavy (non-hydrogen) atoms. The highest BCUT2D eigenvalue weighted by molar-refractivity contribution is 7.90. The van der Waals surface area contributed by atoms with Crippen LogP contribution in [0.15, 0.2) is 71.3 Å². The molecule has 1 amide bonds. The van der Waals surface area contributed by atoms with Gasteiger partial charge < -0.3 is 15.5 Å². The van der Waals surface area contributed by atoms with E-state index in [0.717, 1.165) is 42.1 Å². The van der Waals surface area contributed by atoms with Crippen molar-refractivity contribution in [3.8, 4) is 0 Å². The Labute approximate surface area is 306 Å². The first-order valence-corrected chi connectivity index (χ1v) is 20.6. The summed E-state index contributed by atoms with van der Waals surface area (Å²) in [5, 5.41) is 23.7. The third kappa shape index (κ3) is 6.63. The predicted octanol–water partition coefficient (Wildman–Crippen LogP) is 7.88. The molecule has 3 saturated carbocycles. The largest absolute Gasteiger partial charge is 0.481 e. The summed E-state index contributed by atoms with van der Waals surface area (Å²) in [7, 11) is -4.15. The number of aliphatic carboxylic acids is 1. The number of fused-ring (bicyclic) bond motifs is 6. The Morgan fingerprint density at radius 2 is 1.83 bits per heavy atom. The molecule has 0 bridgehead atoms. The van der Waals surface area contributed by atoms with Gasteiger partial charge in [0.2, 0.25) is 5.91 Å². The fourth-order valence-corrected chi connectivity index (χ4v) is 12.9. The van der Waals surface area contributed by atoms with Crippen LogP contribution >= 0.6 is 0 Å². The first-order valence-electron chi connectivity index (χ1n) is 19.2. The van der Waals surface area contributed by atoms with Gasteiger partial charge in [0.25, 0.3) is 10.0 Å². The molecule has 1 heterocycles. The Bertz CT molecular complexity index is 1990. The summed E-state index contributed by atoms with van der Waals surface area (Å²) in [6, 6.07) is 11.0. The number of aromatic nitrogens is 1. The molecule has 4 aliphatic carbocycles. The molecule has 9 atom stereocenters. The molecule has 0 radical (unpaired) electrons. The topological polar surface area (TPSA) is 126 Å². The molecule has 3 aromatic rings. The summed E-state index contributed by atoms with van der Waals surface area (Å²) in [6.07, 6.45) is 13.3. The Balaban J connectivity index is 1.02. The van der Waals surface area contributed by atoms with Crippen molar-refractivity contribution in [3.63, 3.8) is 0 Å². The van der Waals surface area contributed by atoms with Crippen LogP contribution in [0.1, 0.15) is 97.0 Å². The highest BCUT2D eigenvalue weighted by atomic mass is 32.2. The van der Waals surface area contributed by atoms with Crippen molar-refractivity contribution in [1.82, 2.24) is 9.29 Å². The number of amides is 1. The number of allylic oxidation sites excluding steroid dienone is 1. The smallest absolute Gasteiger partial charge is 0.305 e. The molecule has 8 nitrogen and oxygen atoms in total. The number of halogens is 1. The Morgan fingerprint density at radius 3 is 2.60 bits per heavy atom. The minimum Gasteiger partial charge on any atom is -0.481 e. The van der Waals surface area contributed by atoms with E-state index < -0.39 is 27.9 Å². The molecular formula is C42H53FN2O6S. The van der Waals surface area contributed by atoms with Crippen LogP contribution in [0.5, 0.6) is 0 Å². The van der Waals surface area contributed by atoms with Gasteiger partial charge in [-0.2, -0.15) is 0 Å². The third-order valence-corrected chi connectivity index (χ3v) is 15.7. The number of para-hydroxylation sites is 1. The van der Waals surface area contributed by atoms with Crippen LogP contribution in [0.25, 0.3) is 10.9 Å². The van der Waals surface area contributed by atoms with E-state index in [1.807, 2.05) is 0 Å². The summed E-state index contributed by atoms with van der Waals surface area (Å²) < 4.78 is 42.3. The minimum absolute atomic E-state index is 0.124. The highest BCUT2D eigenvalue weighted by Gasteiger charge is 2.59. The molecule has 2 aromatic carbocycles. The quantitative estimate of drug-likeness (QED) is 0.172. The average Bonchev–Trinajstić information content (AvgIpc) is 3.65. The Kier molecular flexibility index (Phi) is 9.95. The summed E-state index contributed by atoms with van der Waals surface area (Å²) in [4.78, 5) is 25.2. The number of rotatable bonds is 11. The van der Waals surface area contributed by atoms with Gasteiger partial charge in [-0.05, 0) is 134 Å². The molecule has 1 aromatic heterocycles. The van der Waals surface area contributed by atoms with Crippen LogP contribution in [-0.4, -0.2) is 46.6 Å². The number of nitrogens with one attached hydrogen (secondary N) is 1.